The predicted molar refractivity (Wildman–Crippen MR) is 23.1 cm³/mol. The number of carbonyl (C=O) groups excluding carboxylic acids is 1. The first-order valence-electron chi connectivity index (χ1n) is 1.83. The fraction of sp³-hybridized carbons (Fsp3) is 0.500. The predicted octanol–water partition coefficient (Wildman–Crippen LogP) is 0.253. The minimum atomic E-state index is -5.64. The molecule has 0 spiro atoms. The number of carbonyl (C=O) groups is 1. The molecule has 0 fully saturated rings. The zero-order chi connectivity index (χ0) is 8.58. The van der Waals surface area contributed by atoms with Crippen molar-refractivity contribution in [3.8, 4) is 0 Å². The van der Waals surface area contributed by atoms with Gasteiger partial charge in [0.1, 0.15) is 0 Å². The summed E-state index contributed by atoms with van der Waals surface area (Å²) in [5, 5.41) is 0. The highest BCUT2D eigenvalue weighted by molar-refractivity contribution is 7.70. The summed E-state index contributed by atoms with van der Waals surface area (Å²) in [7, 11) is -5.64. The van der Waals surface area contributed by atoms with Gasteiger partial charge in [-0.1, -0.05) is 0 Å². The smallest absolute Gasteiger partial charge is 0.319 e. The van der Waals surface area contributed by atoms with Gasteiger partial charge >= 0.3 is 19.3 Å². The molecule has 10 heavy (non-hydrogen) atoms. The highest BCUT2D eigenvalue weighted by atomic mass is 31.2. The van der Waals surface area contributed by atoms with E-state index in [1.165, 1.54) is 0 Å². The third kappa shape index (κ3) is 2.47. The summed E-state index contributed by atoms with van der Waals surface area (Å²) < 4.78 is 42.9. The van der Waals surface area contributed by atoms with Crippen LogP contribution in [0.25, 0.3) is 0 Å². The highest BCUT2D eigenvalue weighted by Crippen LogP contribution is 2.42. The molecule has 0 rings (SSSR count). The lowest BCUT2D eigenvalue weighted by Gasteiger charge is -2.04. The van der Waals surface area contributed by atoms with Crippen LogP contribution >= 0.6 is 7.60 Å². The molecule has 0 aromatic carbocycles. The standard InChI is InChI=1S/C2H2F3O4P/c3-2(4,5)1(6)10(7,8)9/h(H2,7,8,9). The minimum Gasteiger partial charge on any atom is -0.319 e. The van der Waals surface area contributed by atoms with E-state index in [0.717, 1.165) is 0 Å². The average molecular weight is 178 g/mol. The van der Waals surface area contributed by atoms with Gasteiger partial charge in [-0.05, 0) is 0 Å². The lowest BCUT2D eigenvalue weighted by molar-refractivity contribution is -0.163. The molecule has 0 bridgehead atoms. The Morgan fingerprint density at radius 3 is 1.60 bits per heavy atom. The number of rotatable bonds is 1. The van der Waals surface area contributed by atoms with Crippen molar-refractivity contribution in [1.29, 1.82) is 0 Å². The van der Waals surface area contributed by atoms with Crippen LogP contribution in [0.2, 0.25) is 0 Å². The summed E-state index contributed by atoms with van der Waals surface area (Å²) in [6.45, 7) is 0. The second-order valence-corrected chi connectivity index (χ2v) is 2.84. The van der Waals surface area contributed by atoms with Gasteiger partial charge in [0.05, 0.1) is 0 Å². The Morgan fingerprint density at radius 2 is 1.60 bits per heavy atom. The van der Waals surface area contributed by atoms with E-state index >= 15 is 0 Å². The molecule has 2 N–H and O–H groups in total. The molecule has 0 unspecified atom stereocenters. The Hall–Kier alpha value is -0.390. The third-order valence-electron chi connectivity index (χ3n) is 0.507. The Morgan fingerprint density at radius 1 is 1.30 bits per heavy atom. The summed E-state index contributed by atoms with van der Waals surface area (Å²) in [4.78, 5) is 24.9. The topological polar surface area (TPSA) is 74.6 Å². The average Bonchev–Trinajstić information content (AvgIpc) is 1.59. The zero-order valence-corrected chi connectivity index (χ0v) is 5.19. The van der Waals surface area contributed by atoms with Gasteiger partial charge < -0.3 is 9.79 Å². The normalized spacial score (nSPS) is 13.3. The molecule has 0 atom stereocenters. The third-order valence-corrected chi connectivity index (χ3v) is 1.29. The van der Waals surface area contributed by atoms with Gasteiger partial charge in [-0.2, -0.15) is 13.2 Å². The molecular formula is C2H2F3O4P. The van der Waals surface area contributed by atoms with Crippen LogP contribution in [-0.2, 0) is 9.36 Å². The van der Waals surface area contributed by atoms with Gasteiger partial charge in [0.25, 0.3) is 0 Å². The molecule has 0 radical (unpaired) electrons. The van der Waals surface area contributed by atoms with Crippen LogP contribution in [0.3, 0.4) is 0 Å². The van der Waals surface area contributed by atoms with Gasteiger partial charge in [-0.3, -0.25) is 9.36 Å². The number of hydrogen-bond donors (Lipinski definition) is 2. The number of hydrogen-bond acceptors (Lipinski definition) is 2. The second-order valence-electron chi connectivity index (χ2n) is 1.35. The molecule has 4 nitrogen and oxygen atoms in total. The molecule has 8 heteroatoms. The minimum absolute atomic E-state index is 3.01. The van der Waals surface area contributed by atoms with Crippen molar-refractivity contribution in [2.24, 2.45) is 0 Å². The Labute approximate surface area is 52.8 Å². The maximum atomic E-state index is 11.1. The Balaban J connectivity index is 4.57. The summed E-state index contributed by atoms with van der Waals surface area (Å²) in [5.74, 6) is 0. The molecule has 60 valence electrons. The lowest BCUT2D eigenvalue weighted by Crippen LogP contribution is -2.22. The van der Waals surface area contributed by atoms with Crippen molar-refractivity contribution < 1.29 is 32.3 Å². The van der Waals surface area contributed by atoms with Crippen molar-refractivity contribution in [1.82, 2.24) is 0 Å². The van der Waals surface area contributed by atoms with E-state index in [1.54, 1.807) is 0 Å². The largest absolute Gasteiger partial charge is 0.462 e. The SMILES string of the molecule is O=C(C(F)(F)F)P(=O)(O)O. The van der Waals surface area contributed by atoms with Crippen LogP contribution < -0.4 is 0 Å². The van der Waals surface area contributed by atoms with E-state index in [2.05, 4.69) is 0 Å². The maximum absolute atomic E-state index is 11.1. The molecule has 0 amide bonds. The Bertz CT molecular complexity index is 189. The summed E-state index contributed by atoms with van der Waals surface area (Å²) in [6.07, 6.45) is -5.46. The van der Waals surface area contributed by atoms with Crippen LogP contribution in [0.15, 0.2) is 0 Å². The van der Waals surface area contributed by atoms with Gasteiger partial charge in [0.15, 0.2) is 0 Å². The first-order chi connectivity index (χ1) is 4.15. The van der Waals surface area contributed by atoms with Gasteiger partial charge in [-0.15, -0.1) is 0 Å². The molecule has 0 saturated heterocycles. The summed E-state index contributed by atoms with van der Waals surface area (Å²) in [5.41, 5.74) is -3.01. The maximum Gasteiger partial charge on any atom is 0.462 e. The molecule has 0 heterocycles. The van der Waals surface area contributed by atoms with Crippen LogP contribution in [-0.4, -0.2) is 21.5 Å². The van der Waals surface area contributed by atoms with Gasteiger partial charge in [-0.25, -0.2) is 0 Å². The van der Waals surface area contributed by atoms with Crippen molar-refractivity contribution in [3.05, 3.63) is 0 Å². The van der Waals surface area contributed by atoms with E-state index in [1.807, 2.05) is 0 Å². The lowest BCUT2D eigenvalue weighted by atomic mass is 10.8. The Kier molecular flexibility index (Phi) is 2.24. The zero-order valence-electron chi connectivity index (χ0n) is 4.29. The number of alkyl halides is 3. The van der Waals surface area contributed by atoms with Crippen molar-refractivity contribution in [2.45, 2.75) is 6.18 Å². The van der Waals surface area contributed by atoms with E-state index in [4.69, 9.17) is 9.79 Å². The van der Waals surface area contributed by atoms with E-state index in [-0.39, 0.29) is 0 Å². The van der Waals surface area contributed by atoms with Crippen LogP contribution in [0.1, 0.15) is 0 Å². The summed E-state index contributed by atoms with van der Waals surface area (Å²) >= 11 is 0. The van der Waals surface area contributed by atoms with Gasteiger partial charge in [0, 0.05) is 0 Å². The fourth-order valence-electron chi connectivity index (χ4n) is 0.165. The molecular weight excluding hydrogens is 176 g/mol. The highest BCUT2D eigenvalue weighted by Gasteiger charge is 2.49. The quantitative estimate of drug-likeness (QED) is 0.564. The van der Waals surface area contributed by atoms with Crippen molar-refractivity contribution in [3.63, 3.8) is 0 Å². The van der Waals surface area contributed by atoms with E-state index in [0.29, 0.717) is 0 Å². The molecule has 0 aromatic heterocycles. The van der Waals surface area contributed by atoms with Gasteiger partial charge in [0.2, 0.25) is 0 Å². The summed E-state index contributed by atoms with van der Waals surface area (Å²) in [6, 6.07) is 0. The monoisotopic (exact) mass is 178 g/mol. The van der Waals surface area contributed by atoms with Crippen molar-refractivity contribution >= 4 is 13.1 Å². The molecule has 0 aliphatic carbocycles. The van der Waals surface area contributed by atoms with Crippen molar-refractivity contribution in [2.75, 3.05) is 0 Å². The van der Waals surface area contributed by atoms with Crippen LogP contribution in [0, 0.1) is 0 Å². The molecule has 0 saturated carbocycles. The fourth-order valence-corrected chi connectivity index (χ4v) is 0.495. The number of halogens is 3. The molecule has 0 aromatic rings. The first kappa shape index (κ1) is 9.61. The molecule has 0 aliphatic rings. The second kappa shape index (κ2) is 2.34. The molecule has 0 aliphatic heterocycles. The van der Waals surface area contributed by atoms with Crippen LogP contribution in [0.4, 0.5) is 13.2 Å². The van der Waals surface area contributed by atoms with Crippen LogP contribution in [0.5, 0.6) is 0 Å². The van der Waals surface area contributed by atoms with E-state index < -0.39 is 19.3 Å². The first-order valence-corrected chi connectivity index (χ1v) is 3.44. The van der Waals surface area contributed by atoms with E-state index in [9.17, 15) is 22.5 Å².